The Balaban J connectivity index is 1.26. The van der Waals surface area contributed by atoms with Gasteiger partial charge in [0, 0.05) is 73.5 Å². The number of likely N-dealkylation sites (tertiary alicyclic amines) is 1. The topological polar surface area (TPSA) is 102 Å². The molecular weight excluding hydrogens is 619 g/mol. The fraction of sp³-hybridized carbons (Fsp3) is 0.387. The molecule has 10 nitrogen and oxygen atoms in total. The lowest BCUT2D eigenvalue weighted by Gasteiger charge is -2.55. The molecular formula is C31H29F5N4O6. The van der Waals surface area contributed by atoms with Gasteiger partial charge in [0.15, 0.2) is 0 Å². The zero-order valence-corrected chi connectivity index (χ0v) is 24.5. The number of nitrogens with zero attached hydrogens (tertiary/aromatic N) is 3. The van der Waals surface area contributed by atoms with Crippen LogP contribution >= 0.6 is 0 Å². The maximum absolute atomic E-state index is 15.3. The van der Waals surface area contributed by atoms with Crippen LogP contribution in [0.1, 0.15) is 21.8 Å². The lowest BCUT2D eigenvalue weighted by Crippen LogP contribution is -2.66. The van der Waals surface area contributed by atoms with E-state index in [4.69, 9.17) is 9.47 Å². The van der Waals surface area contributed by atoms with E-state index >= 15 is 8.78 Å². The van der Waals surface area contributed by atoms with Gasteiger partial charge in [-0.1, -0.05) is 0 Å². The van der Waals surface area contributed by atoms with Crippen LogP contribution in [-0.4, -0.2) is 80.2 Å². The molecule has 4 heterocycles. The predicted octanol–water partition coefficient (Wildman–Crippen LogP) is 3.29. The maximum Gasteiger partial charge on any atom is 0.573 e. The summed E-state index contributed by atoms with van der Waals surface area (Å²) in [7, 11) is 1.23. The molecule has 3 fully saturated rings. The number of nitrogens with one attached hydrogen (secondary N) is 1. The van der Waals surface area contributed by atoms with Crippen molar-refractivity contribution < 1.29 is 45.8 Å². The Morgan fingerprint density at radius 1 is 1.02 bits per heavy atom. The van der Waals surface area contributed by atoms with Crippen molar-refractivity contribution in [2.75, 3.05) is 51.4 Å². The number of halogens is 5. The Hall–Kier alpha value is -4.50. The highest BCUT2D eigenvalue weighted by Crippen LogP contribution is 2.38. The molecule has 3 saturated heterocycles. The third-order valence-corrected chi connectivity index (χ3v) is 8.49. The van der Waals surface area contributed by atoms with Crippen LogP contribution in [0, 0.1) is 17.0 Å². The van der Waals surface area contributed by atoms with Crippen LogP contribution in [0.25, 0.3) is 0 Å². The summed E-state index contributed by atoms with van der Waals surface area (Å²) in [5.41, 5.74) is -0.976. The number of hydrogen-bond acceptors (Lipinski definition) is 7. The molecule has 1 spiro atoms. The Labute approximate surface area is 259 Å². The number of rotatable bonds is 9. The first-order valence-electron chi connectivity index (χ1n) is 14.4. The van der Waals surface area contributed by atoms with Gasteiger partial charge < -0.3 is 33.9 Å². The molecule has 2 atom stereocenters. The van der Waals surface area contributed by atoms with E-state index in [2.05, 4.69) is 15.0 Å². The second-order valence-corrected chi connectivity index (χ2v) is 11.7. The van der Waals surface area contributed by atoms with E-state index < -0.39 is 58.6 Å². The molecule has 0 aliphatic carbocycles. The molecule has 2 aromatic carbocycles. The van der Waals surface area contributed by atoms with Gasteiger partial charge in [-0.05, 0) is 36.4 Å². The van der Waals surface area contributed by atoms with Gasteiger partial charge in [0.2, 0.25) is 5.91 Å². The monoisotopic (exact) mass is 648 g/mol. The van der Waals surface area contributed by atoms with E-state index in [1.807, 2.05) is 0 Å². The van der Waals surface area contributed by atoms with E-state index in [1.165, 1.54) is 17.7 Å². The molecule has 2 amide bonds. The van der Waals surface area contributed by atoms with Gasteiger partial charge >= 0.3 is 6.36 Å². The highest BCUT2D eigenvalue weighted by Gasteiger charge is 2.49. The van der Waals surface area contributed by atoms with Crippen molar-refractivity contribution in [1.82, 2.24) is 14.8 Å². The molecule has 46 heavy (non-hydrogen) atoms. The SMILES string of the molecule is COc1cc(F)c([C@@H]2CN(c3cccn(CCN4CC5(COC5)C4)c3=O)C(=O)[C@H]2NC(=O)c2ccc(OC(F)(F)F)cc2)c(F)c1. The van der Waals surface area contributed by atoms with Crippen LogP contribution in [0.5, 0.6) is 11.5 Å². The summed E-state index contributed by atoms with van der Waals surface area (Å²) in [4.78, 5) is 43.8. The maximum atomic E-state index is 15.3. The number of ether oxygens (including phenoxy) is 3. The number of methoxy groups -OCH3 is 1. The first-order chi connectivity index (χ1) is 21.9. The number of amides is 2. The molecule has 3 aliphatic rings. The molecule has 0 unspecified atom stereocenters. The lowest BCUT2D eigenvalue weighted by atomic mass is 9.78. The van der Waals surface area contributed by atoms with Crippen molar-refractivity contribution in [2.45, 2.75) is 24.9 Å². The Morgan fingerprint density at radius 3 is 2.28 bits per heavy atom. The molecule has 6 rings (SSSR count). The summed E-state index contributed by atoms with van der Waals surface area (Å²) in [6.45, 7) is 3.76. The Kier molecular flexibility index (Phi) is 8.23. The molecule has 244 valence electrons. The zero-order chi connectivity index (χ0) is 32.8. The normalized spacial score (nSPS) is 20.7. The summed E-state index contributed by atoms with van der Waals surface area (Å²) in [6, 6.07) is 7.27. The first-order valence-corrected chi connectivity index (χ1v) is 14.4. The van der Waals surface area contributed by atoms with Gasteiger partial charge in [0.05, 0.1) is 20.3 Å². The van der Waals surface area contributed by atoms with Crippen LogP contribution in [0.2, 0.25) is 0 Å². The fourth-order valence-corrected chi connectivity index (χ4v) is 6.22. The van der Waals surface area contributed by atoms with Crippen LogP contribution < -0.4 is 25.2 Å². The van der Waals surface area contributed by atoms with Crippen molar-refractivity contribution in [3.63, 3.8) is 0 Å². The van der Waals surface area contributed by atoms with Crippen LogP contribution in [-0.2, 0) is 16.1 Å². The van der Waals surface area contributed by atoms with Crippen molar-refractivity contribution in [3.05, 3.63) is 87.8 Å². The Morgan fingerprint density at radius 2 is 1.70 bits per heavy atom. The number of pyridine rings is 1. The molecule has 3 aliphatic heterocycles. The van der Waals surface area contributed by atoms with Gasteiger partial charge in [-0.3, -0.25) is 14.4 Å². The van der Waals surface area contributed by atoms with Crippen LogP contribution in [0.3, 0.4) is 0 Å². The van der Waals surface area contributed by atoms with Crippen LogP contribution in [0.4, 0.5) is 27.6 Å². The van der Waals surface area contributed by atoms with Gasteiger partial charge in [0.1, 0.15) is 34.9 Å². The van der Waals surface area contributed by atoms with Crippen LogP contribution in [0.15, 0.2) is 59.5 Å². The van der Waals surface area contributed by atoms with Gasteiger partial charge in [-0.25, -0.2) is 8.78 Å². The zero-order valence-electron chi connectivity index (χ0n) is 24.5. The highest BCUT2D eigenvalue weighted by atomic mass is 19.4. The number of benzene rings is 2. The summed E-state index contributed by atoms with van der Waals surface area (Å²) >= 11 is 0. The van der Waals surface area contributed by atoms with Crippen molar-refractivity contribution in [3.8, 4) is 11.5 Å². The van der Waals surface area contributed by atoms with E-state index in [0.717, 1.165) is 67.6 Å². The number of aromatic nitrogens is 1. The molecule has 3 aromatic rings. The van der Waals surface area contributed by atoms with E-state index in [9.17, 15) is 27.6 Å². The third-order valence-electron chi connectivity index (χ3n) is 8.49. The second-order valence-electron chi connectivity index (χ2n) is 11.7. The molecule has 1 aromatic heterocycles. The number of hydrogen-bond donors (Lipinski definition) is 1. The summed E-state index contributed by atoms with van der Waals surface area (Å²) in [6.07, 6.45) is -3.36. The lowest BCUT2D eigenvalue weighted by molar-refractivity contribution is -0.274. The molecule has 15 heteroatoms. The molecule has 0 saturated carbocycles. The minimum absolute atomic E-state index is 0.0373. The van der Waals surface area contributed by atoms with Gasteiger partial charge in [0.25, 0.3) is 11.5 Å². The van der Waals surface area contributed by atoms with Crippen molar-refractivity contribution in [2.24, 2.45) is 5.41 Å². The predicted molar refractivity (Wildman–Crippen MR) is 153 cm³/mol. The number of carbonyl (C=O) groups excluding carboxylic acids is 2. The van der Waals surface area contributed by atoms with E-state index in [-0.39, 0.29) is 29.0 Å². The minimum Gasteiger partial charge on any atom is -0.497 e. The van der Waals surface area contributed by atoms with Crippen molar-refractivity contribution in [1.29, 1.82) is 0 Å². The van der Waals surface area contributed by atoms with Gasteiger partial charge in [-0.15, -0.1) is 13.2 Å². The summed E-state index contributed by atoms with van der Waals surface area (Å²) in [5, 5.41) is 2.47. The summed E-state index contributed by atoms with van der Waals surface area (Å²) in [5.74, 6) is -5.71. The first kappa shape index (κ1) is 31.5. The largest absolute Gasteiger partial charge is 0.573 e. The highest BCUT2D eigenvalue weighted by molar-refractivity contribution is 6.05. The third kappa shape index (κ3) is 6.16. The van der Waals surface area contributed by atoms with Gasteiger partial charge in [-0.2, -0.15) is 0 Å². The van der Waals surface area contributed by atoms with E-state index in [1.54, 1.807) is 12.3 Å². The fourth-order valence-electron chi connectivity index (χ4n) is 6.22. The number of carbonyl (C=O) groups is 2. The molecule has 1 N–H and O–H groups in total. The average Bonchev–Trinajstić information content (AvgIpc) is 3.26. The number of alkyl halides is 3. The van der Waals surface area contributed by atoms with E-state index in [0.29, 0.717) is 13.1 Å². The minimum atomic E-state index is -4.94. The smallest absolute Gasteiger partial charge is 0.497 e. The quantitative estimate of drug-likeness (QED) is 0.356. The number of anilines is 1. The summed E-state index contributed by atoms with van der Waals surface area (Å²) < 4.78 is 83.8. The molecule has 0 radical (unpaired) electrons. The standard InChI is InChI=1S/C31H29F5N4O6/c1-44-20-11-22(32)25(23(33)12-20)21-13-40(24-3-2-8-39(28(24)42)10-9-38-14-30(15-38)16-45-17-30)29(43)26(21)37-27(41)18-4-6-19(7-5-18)46-31(34,35)36/h2-8,11-12,21,26H,9-10,13-17H2,1H3,(H,37,41)/t21-,26-/m0/s1. The second kappa shape index (κ2) is 12.0. The Bertz CT molecular complexity index is 1680. The average molecular weight is 649 g/mol. The molecule has 0 bridgehead atoms. The van der Waals surface area contributed by atoms with Crippen molar-refractivity contribution >= 4 is 17.5 Å².